The third-order valence-electron chi connectivity index (χ3n) is 3.57. The number of anilines is 1. The second kappa shape index (κ2) is 4.73. The van der Waals surface area contributed by atoms with Gasteiger partial charge in [-0.05, 0) is 38.7 Å². The van der Waals surface area contributed by atoms with Crippen molar-refractivity contribution in [3.8, 4) is 0 Å². The molecule has 0 bridgehead atoms. The molecule has 0 aliphatic heterocycles. The van der Waals surface area contributed by atoms with Crippen LogP contribution in [0.2, 0.25) is 0 Å². The van der Waals surface area contributed by atoms with Gasteiger partial charge in [-0.3, -0.25) is 10.1 Å². The summed E-state index contributed by atoms with van der Waals surface area (Å²) in [7, 11) is 0. The Morgan fingerprint density at radius 2 is 2.10 bits per heavy atom. The van der Waals surface area contributed by atoms with Crippen molar-refractivity contribution in [2.24, 2.45) is 5.92 Å². The number of carboxylic acid groups (broad SMARTS) is 1. The quantitative estimate of drug-likeness (QED) is 0.639. The van der Waals surface area contributed by atoms with Crippen LogP contribution < -0.4 is 5.32 Å². The van der Waals surface area contributed by atoms with E-state index in [1.165, 1.54) is 0 Å². The number of carboxylic acids is 1. The molecule has 0 amide bonds. The summed E-state index contributed by atoms with van der Waals surface area (Å²) in [4.78, 5) is 21.2. The summed E-state index contributed by atoms with van der Waals surface area (Å²) >= 11 is 0. The minimum atomic E-state index is -1.45. The fraction of sp³-hybridized carbons (Fsp3) is 0.462. The molecular formula is C13H15FN2O4. The molecule has 0 unspecified atom stereocenters. The van der Waals surface area contributed by atoms with Crippen LogP contribution in [0.25, 0.3) is 0 Å². The first-order valence-corrected chi connectivity index (χ1v) is 6.22. The summed E-state index contributed by atoms with van der Waals surface area (Å²) in [5.41, 5.74) is -1.41. The molecule has 0 aromatic heterocycles. The van der Waals surface area contributed by atoms with Crippen molar-refractivity contribution in [1.82, 2.24) is 0 Å². The standard InChI is InChI=1S/C13H15FN2O4/c1-13(2,7-3-4-7)15-10-5-8(12(17)18)9(14)6-11(10)16(19)20/h5-7,15H,3-4H2,1-2H3,(H,17,18). The van der Waals surface area contributed by atoms with E-state index in [4.69, 9.17) is 5.11 Å². The Hall–Kier alpha value is -2.18. The van der Waals surface area contributed by atoms with Gasteiger partial charge in [0.05, 0.1) is 16.6 Å². The number of nitro benzene ring substituents is 1. The molecule has 108 valence electrons. The topological polar surface area (TPSA) is 92.5 Å². The van der Waals surface area contributed by atoms with Gasteiger partial charge in [-0.15, -0.1) is 0 Å². The summed E-state index contributed by atoms with van der Waals surface area (Å²) in [5.74, 6) is -2.19. The molecule has 0 heterocycles. The molecule has 1 aromatic carbocycles. The van der Waals surface area contributed by atoms with Crippen molar-refractivity contribution in [3.63, 3.8) is 0 Å². The van der Waals surface area contributed by atoms with E-state index in [1.54, 1.807) is 0 Å². The van der Waals surface area contributed by atoms with Crippen molar-refractivity contribution in [1.29, 1.82) is 0 Å². The molecule has 0 atom stereocenters. The highest BCUT2D eigenvalue weighted by atomic mass is 19.1. The maximum Gasteiger partial charge on any atom is 0.338 e. The average molecular weight is 282 g/mol. The zero-order valence-electron chi connectivity index (χ0n) is 11.1. The summed E-state index contributed by atoms with van der Waals surface area (Å²) in [5, 5.41) is 22.9. The molecule has 2 N–H and O–H groups in total. The number of aromatic carboxylic acids is 1. The lowest BCUT2D eigenvalue weighted by Crippen LogP contribution is -2.33. The number of nitrogens with one attached hydrogen (secondary N) is 1. The Morgan fingerprint density at radius 3 is 2.55 bits per heavy atom. The average Bonchev–Trinajstić information content (AvgIpc) is 3.14. The monoisotopic (exact) mass is 282 g/mol. The van der Waals surface area contributed by atoms with Gasteiger partial charge in [0.25, 0.3) is 5.69 Å². The Kier molecular flexibility index (Phi) is 3.37. The highest BCUT2D eigenvalue weighted by Crippen LogP contribution is 2.42. The van der Waals surface area contributed by atoms with E-state index < -0.39 is 33.5 Å². The maximum absolute atomic E-state index is 13.5. The number of hydrogen-bond acceptors (Lipinski definition) is 4. The van der Waals surface area contributed by atoms with E-state index in [1.807, 2.05) is 13.8 Å². The van der Waals surface area contributed by atoms with Gasteiger partial charge in [-0.1, -0.05) is 0 Å². The zero-order valence-corrected chi connectivity index (χ0v) is 11.1. The number of nitrogens with zero attached hydrogens (tertiary/aromatic N) is 1. The van der Waals surface area contributed by atoms with Crippen molar-refractivity contribution in [2.45, 2.75) is 32.2 Å². The lowest BCUT2D eigenvalue weighted by Gasteiger charge is -2.27. The smallest absolute Gasteiger partial charge is 0.338 e. The van der Waals surface area contributed by atoms with Crippen LogP contribution in [0.15, 0.2) is 12.1 Å². The van der Waals surface area contributed by atoms with Gasteiger partial charge < -0.3 is 10.4 Å². The van der Waals surface area contributed by atoms with Gasteiger partial charge in [0.1, 0.15) is 11.5 Å². The molecule has 6 nitrogen and oxygen atoms in total. The predicted molar refractivity (Wildman–Crippen MR) is 70.4 cm³/mol. The highest BCUT2D eigenvalue weighted by molar-refractivity contribution is 5.90. The molecule has 1 aliphatic carbocycles. The lowest BCUT2D eigenvalue weighted by molar-refractivity contribution is -0.384. The van der Waals surface area contributed by atoms with Crippen molar-refractivity contribution >= 4 is 17.3 Å². The number of halogens is 1. The fourth-order valence-electron chi connectivity index (χ4n) is 2.23. The second-order valence-corrected chi connectivity index (χ2v) is 5.53. The number of nitro groups is 1. The van der Waals surface area contributed by atoms with Crippen molar-refractivity contribution < 1.29 is 19.2 Å². The largest absolute Gasteiger partial charge is 0.478 e. The van der Waals surface area contributed by atoms with Crippen molar-refractivity contribution in [3.05, 3.63) is 33.6 Å². The third kappa shape index (κ3) is 2.71. The second-order valence-electron chi connectivity index (χ2n) is 5.53. The Labute approximate surface area is 114 Å². The summed E-state index contributed by atoms with van der Waals surface area (Å²) in [6.45, 7) is 3.77. The first-order valence-electron chi connectivity index (χ1n) is 6.22. The van der Waals surface area contributed by atoms with Gasteiger partial charge in [-0.25, -0.2) is 9.18 Å². The number of benzene rings is 1. The summed E-state index contributed by atoms with van der Waals surface area (Å²) in [6.07, 6.45) is 2.03. The van der Waals surface area contributed by atoms with Crippen LogP contribution >= 0.6 is 0 Å². The fourth-order valence-corrected chi connectivity index (χ4v) is 2.23. The van der Waals surface area contributed by atoms with Gasteiger partial charge >= 0.3 is 5.97 Å². The molecule has 0 radical (unpaired) electrons. The van der Waals surface area contributed by atoms with Crippen molar-refractivity contribution in [2.75, 3.05) is 5.32 Å². The maximum atomic E-state index is 13.5. The number of rotatable bonds is 5. The van der Waals surface area contributed by atoms with Crippen LogP contribution in [0.1, 0.15) is 37.0 Å². The third-order valence-corrected chi connectivity index (χ3v) is 3.57. The van der Waals surface area contributed by atoms with Gasteiger partial charge in [0, 0.05) is 5.54 Å². The molecule has 1 aromatic rings. The minimum Gasteiger partial charge on any atom is -0.478 e. The van der Waals surface area contributed by atoms with Crippen LogP contribution in [0, 0.1) is 21.8 Å². The first kappa shape index (κ1) is 14.2. The molecule has 0 spiro atoms. The van der Waals surface area contributed by atoms with Crippen LogP contribution in [0.5, 0.6) is 0 Å². The normalized spacial score (nSPS) is 14.9. The van der Waals surface area contributed by atoms with Gasteiger partial charge in [0.2, 0.25) is 0 Å². The van der Waals surface area contributed by atoms with Crippen LogP contribution in [0.3, 0.4) is 0 Å². The Bertz CT molecular complexity index is 582. The molecule has 1 fully saturated rings. The summed E-state index contributed by atoms with van der Waals surface area (Å²) < 4.78 is 13.5. The molecule has 20 heavy (non-hydrogen) atoms. The zero-order chi connectivity index (χ0) is 15.1. The van der Waals surface area contributed by atoms with E-state index in [2.05, 4.69) is 5.32 Å². The lowest BCUT2D eigenvalue weighted by atomic mass is 9.97. The molecule has 1 aliphatic rings. The predicted octanol–water partition coefficient (Wildman–Crippen LogP) is 3.03. The van der Waals surface area contributed by atoms with E-state index in [9.17, 15) is 19.3 Å². The highest BCUT2D eigenvalue weighted by Gasteiger charge is 2.39. The van der Waals surface area contributed by atoms with E-state index in [-0.39, 0.29) is 5.69 Å². The Morgan fingerprint density at radius 1 is 1.50 bits per heavy atom. The number of hydrogen-bond donors (Lipinski definition) is 2. The van der Waals surface area contributed by atoms with Crippen LogP contribution in [-0.2, 0) is 0 Å². The van der Waals surface area contributed by atoms with Crippen LogP contribution in [0.4, 0.5) is 15.8 Å². The molecule has 2 rings (SSSR count). The minimum absolute atomic E-state index is 0.0331. The first-order chi connectivity index (χ1) is 9.22. The summed E-state index contributed by atoms with van der Waals surface area (Å²) in [6, 6.07) is 1.63. The SMILES string of the molecule is CC(C)(Nc1cc(C(=O)O)c(F)cc1[N+](=O)[O-])C1CC1. The molecular weight excluding hydrogens is 267 g/mol. The van der Waals surface area contributed by atoms with Crippen LogP contribution in [-0.4, -0.2) is 21.5 Å². The van der Waals surface area contributed by atoms with E-state index in [0.29, 0.717) is 12.0 Å². The van der Waals surface area contributed by atoms with Gasteiger partial charge in [0.15, 0.2) is 0 Å². The molecule has 1 saturated carbocycles. The van der Waals surface area contributed by atoms with E-state index >= 15 is 0 Å². The van der Waals surface area contributed by atoms with E-state index in [0.717, 1.165) is 18.9 Å². The number of carbonyl (C=O) groups is 1. The molecule has 7 heteroatoms. The van der Waals surface area contributed by atoms with Gasteiger partial charge in [-0.2, -0.15) is 0 Å². The Balaban J connectivity index is 2.45. The molecule has 0 saturated heterocycles.